The van der Waals surface area contributed by atoms with Crippen LogP contribution in [-0.2, 0) is 4.79 Å². The Balaban J connectivity index is 1.37. The molecule has 0 bridgehead atoms. The van der Waals surface area contributed by atoms with Crippen molar-refractivity contribution in [1.82, 2.24) is 0 Å². The molecule has 3 aromatic carbocycles. The van der Waals surface area contributed by atoms with E-state index in [0.29, 0.717) is 51.1 Å². The number of thiocarbonyl (C=S) groups is 1. The number of halogens is 1. The first kappa shape index (κ1) is 24.1. The van der Waals surface area contributed by atoms with Crippen LogP contribution in [0.25, 0.3) is 6.08 Å². The standard InChI is InChI=1S/C26H22ClNO4S2/c1-30-23-16-18(17-24-25(29)28(26(33)34-24)19-8-3-2-4-9-19)12-13-22(23)32-15-7-14-31-21-11-6-5-10-20(21)27/h2-6,8-13,16-17H,7,14-15H2,1H3/b24-17+. The molecule has 1 saturated heterocycles. The van der Waals surface area contributed by atoms with E-state index in [1.165, 1.54) is 11.8 Å². The predicted molar refractivity (Wildman–Crippen MR) is 142 cm³/mol. The summed E-state index contributed by atoms with van der Waals surface area (Å²) in [7, 11) is 1.58. The van der Waals surface area contributed by atoms with Gasteiger partial charge in [0.1, 0.15) is 5.75 Å². The number of ether oxygens (including phenoxy) is 3. The van der Waals surface area contributed by atoms with Gasteiger partial charge >= 0.3 is 0 Å². The van der Waals surface area contributed by atoms with Crippen molar-refractivity contribution >= 4 is 57.6 Å². The highest BCUT2D eigenvalue weighted by Gasteiger charge is 2.33. The Morgan fingerprint density at radius 3 is 2.38 bits per heavy atom. The van der Waals surface area contributed by atoms with Crippen LogP contribution in [0.4, 0.5) is 5.69 Å². The number of carbonyl (C=O) groups excluding carboxylic acids is 1. The Hall–Kier alpha value is -3.00. The third-order valence-electron chi connectivity index (χ3n) is 4.93. The van der Waals surface area contributed by atoms with Crippen molar-refractivity contribution in [2.75, 3.05) is 25.2 Å². The zero-order valence-electron chi connectivity index (χ0n) is 18.4. The molecule has 8 heteroatoms. The van der Waals surface area contributed by atoms with Gasteiger partial charge in [0.15, 0.2) is 15.8 Å². The van der Waals surface area contributed by atoms with E-state index in [1.54, 1.807) is 18.1 Å². The fourth-order valence-electron chi connectivity index (χ4n) is 3.30. The third-order valence-corrected chi connectivity index (χ3v) is 6.55. The lowest BCUT2D eigenvalue weighted by molar-refractivity contribution is -0.113. The minimum Gasteiger partial charge on any atom is -0.493 e. The molecule has 0 aliphatic carbocycles. The van der Waals surface area contributed by atoms with Crippen molar-refractivity contribution in [3.8, 4) is 17.2 Å². The molecule has 174 valence electrons. The minimum atomic E-state index is -0.140. The van der Waals surface area contributed by atoms with Crippen LogP contribution in [0.2, 0.25) is 5.02 Å². The largest absolute Gasteiger partial charge is 0.493 e. The smallest absolute Gasteiger partial charge is 0.270 e. The molecule has 34 heavy (non-hydrogen) atoms. The highest BCUT2D eigenvalue weighted by atomic mass is 35.5. The summed E-state index contributed by atoms with van der Waals surface area (Å²) in [5.74, 6) is 1.72. The van der Waals surface area contributed by atoms with Crippen LogP contribution in [0, 0.1) is 0 Å². The molecule has 0 radical (unpaired) electrons. The van der Waals surface area contributed by atoms with Crippen LogP contribution < -0.4 is 19.1 Å². The van der Waals surface area contributed by atoms with Gasteiger partial charge in [0.25, 0.3) is 5.91 Å². The number of amides is 1. The normalized spacial score (nSPS) is 14.5. The Kier molecular flexibility index (Phi) is 8.11. The van der Waals surface area contributed by atoms with Gasteiger partial charge in [-0.1, -0.05) is 72.0 Å². The summed E-state index contributed by atoms with van der Waals surface area (Å²) in [6.45, 7) is 0.934. The van der Waals surface area contributed by atoms with Crippen molar-refractivity contribution in [2.45, 2.75) is 6.42 Å². The summed E-state index contributed by atoms with van der Waals surface area (Å²) >= 11 is 12.8. The van der Waals surface area contributed by atoms with Crippen LogP contribution in [0.5, 0.6) is 17.2 Å². The molecule has 1 heterocycles. The summed E-state index contributed by atoms with van der Waals surface area (Å²) in [5, 5.41) is 0.585. The van der Waals surface area contributed by atoms with Gasteiger partial charge in [0, 0.05) is 6.42 Å². The average Bonchev–Trinajstić information content (AvgIpc) is 3.13. The molecule has 0 atom stereocenters. The lowest BCUT2D eigenvalue weighted by atomic mass is 10.2. The number of methoxy groups -OCH3 is 1. The second kappa shape index (κ2) is 11.4. The van der Waals surface area contributed by atoms with Gasteiger partial charge in [-0.25, -0.2) is 0 Å². The van der Waals surface area contributed by atoms with Crippen LogP contribution in [0.3, 0.4) is 0 Å². The van der Waals surface area contributed by atoms with Gasteiger partial charge in [0.2, 0.25) is 0 Å². The highest BCUT2D eigenvalue weighted by Crippen LogP contribution is 2.37. The van der Waals surface area contributed by atoms with E-state index >= 15 is 0 Å². The summed E-state index contributed by atoms with van der Waals surface area (Å²) in [5.41, 5.74) is 1.58. The molecule has 1 aliphatic rings. The van der Waals surface area contributed by atoms with E-state index in [-0.39, 0.29) is 5.91 Å². The van der Waals surface area contributed by atoms with Gasteiger partial charge in [-0.15, -0.1) is 0 Å². The molecule has 1 aliphatic heterocycles. The predicted octanol–water partition coefficient (Wildman–Crippen LogP) is 6.60. The van der Waals surface area contributed by atoms with Crippen LogP contribution >= 0.6 is 35.6 Å². The first-order chi connectivity index (χ1) is 16.6. The van der Waals surface area contributed by atoms with E-state index in [0.717, 1.165) is 11.3 Å². The maximum Gasteiger partial charge on any atom is 0.270 e. The van der Waals surface area contributed by atoms with Crippen molar-refractivity contribution < 1.29 is 19.0 Å². The van der Waals surface area contributed by atoms with Gasteiger partial charge in [-0.3, -0.25) is 9.69 Å². The SMILES string of the molecule is COc1cc(/C=C2/SC(=S)N(c3ccccc3)C2=O)ccc1OCCCOc1ccccc1Cl. The quantitative estimate of drug-likeness (QED) is 0.183. The van der Waals surface area contributed by atoms with Crippen LogP contribution in [-0.4, -0.2) is 30.6 Å². The number of nitrogens with zero attached hydrogens (tertiary/aromatic N) is 1. The maximum absolute atomic E-state index is 12.9. The van der Waals surface area contributed by atoms with Crippen molar-refractivity contribution in [1.29, 1.82) is 0 Å². The number of para-hydroxylation sites is 2. The molecule has 4 rings (SSSR count). The van der Waals surface area contributed by atoms with Crippen molar-refractivity contribution in [3.05, 3.63) is 88.3 Å². The molecular weight excluding hydrogens is 490 g/mol. The number of hydrogen-bond donors (Lipinski definition) is 0. The summed E-state index contributed by atoms with van der Waals surface area (Å²) in [4.78, 5) is 15.0. The van der Waals surface area contributed by atoms with E-state index in [4.69, 9.17) is 38.0 Å². The van der Waals surface area contributed by atoms with Crippen LogP contribution in [0.1, 0.15) is 12.0 Å². The Labute approximate surface area is 213 Å². The Morgan fingerprint density at radius 1 is 0.941 bits per heavy atom. The number of rotatable bonds is 9. The maximum atomic E-state index is 12.9. The Morgan fingerprint density at radius 2 is 1.65 bits per heavy atom. The summed E-state index contributed by atoms with van der Waals surface area (Å²) in [6, 6.07) is 22.3. The molecule has 0 aromatic heterocycles. The van der Waals surface area contributed by atoms with Gasteiger partial charge in [-0.2, -0.15) is 0 Å². The zero-order valence-corrected chi connectivity index (χ0v) is 20.8. The van der Waals surface area contributed by atoms with Gasteiger partial charge in [-0.05, 0) is 48.0 Å². The minimum absolute atomic E-state index is 0.140. The second-order valence-corrected chi connectivity index (χ2v) is 9.33. The molecule has 1 fully saturated rings. The van der Waals surface area contributed by atoms with Crippen LogP contribution in [0.15, 0.2) is 77.7 Å². The average molecular weight is 512 g/mol. The van der Waals surface area contributed by atoms with E-state index in [1.807, 2.05) is 72.8 Å². The highest BCUT2D eigenvalue weighted by molar-refractivity contribution is 8.27. The first-order valence-corrected chi connectivity index (χ1v) is 12.2. The molecule has 0 unspecified atom stereocenters. The molecule has 0 N–H and O–H groups in total. The monoisotopic (exact) mass is 511 g/mol. The molecular formula is C26H22ClNO4S2. The molecule has 0 spiro atoms. The number of hydrogen-bond acceptors (Lipinski definition) is 6. The molecule has 5 nitrogen and oxygen atoms in total. The number of thioether (sulfide) groups is 1. The summed E-state index contributed by atoms with van der Waals surface area (Å²) in [6.07, 6.45) is 2.49. The lowest BCUT2D eigenvalue weighted by Crippen LogP contribution is -2.27. The summed E-state index contributed by atoms with van der Waals surface area (Å²) < 4.78 is 17.6. The van der Waals surface area contributed by atoms with Gasteiger partial charge in [0.05, 0.1) is 35.9 Å². The fraction of sp³-hybridized carbons (Fsp3) is 0.154. The molecule has 0 saturated carbocycles. The van der Waals surface area contributed by atoms with E-state index in [2.05, 4.69) is 0 Å². The van der Waals surface area contributed by atoms with Crippen molar-refractivity contribution in [3.63, 3.8) is 0 Å². The number of benzene rings is 3. The third kappa shape index (κ3) is 5.73. The zero-order chi connectivity index (χ0) is 23.9. The van der Waals surface area contributed by atoms with Gasteiger partial charge < -0.3 is 14.2 Å². The first-order valence-electron chi connectivity index (χ1n) is 10.6. The van der Waals surface area contributed by atoms with E-state index in [9.17, 15) is 4.79 Å². The van der Waals surface area contributed by atoms with E-state index < -0.39 is 0 Å². The second-order valence-electron chi connectivity index (χ2n) is 7.24. The number of carbonyl (C=O) groups is 1. The number of anilines is 1. The molecule has 3 aromatic rings. The molecule has 1 amide bonds. The van der Waals surface area contributed by atoms with Crippen molar-refractivity contribution in [2.24, 2.45) is 0 Å². The lowest BCUT2D eigenvalue weighted by Gasteiger charge is -2.14. The Bertz CT molecular complexity index is 1220. The fourth-order valence-corrected chi connectivity index (χ4v) is 4.79. The topological polar surface area (TPSA) is 48.0 Å².